The summed E-state index contributed by atoms with van der Waals surface area (Å²) in [5, 5.41) is 26.3. The Kier molecular flexibility index (Phi) is 11.8. The normalized spacial score (nSPS) is 34.6. The molecule has 9 rings (SSSR count). The van der Waals surface area contributed by atoms with Crippen LogP contribution in [0.25, 0.3) is 10.9 Å². The molecule has 5 aliphatic heterocycles. The zero-order chi connectivity index (χ0) is 47.1. The number of H-pyrrole nitrogens is 1. The first kappa shape index (κ1) is 46.6. The van der Waals surface area contributed by atoms with Crippen molar-refractivity contribution in [3.05, 3.63) is 70.9 Å². The molecule has 18 nitrogen and oxygen atoms in total. The van der Waals surface area contributed by atoms with Gasteiger partial charge >= 0.3 is 28.3 Å². The Morgan fingerprint density at radius 3 is 2.29 bits per heavy atom. The molecule has 1 spiro atoms. The maximum Gasteiger partial charge on any atom is 0.394 e. The van der Waals surface area contributed by atoms with E-state index in [9.17, 15) is 24.6 Å². The summed E-state index contributed by atoms with van der Waals surface area (Å²) < 4.78 is 55.3. The standard InChI is InChI=1S/C46H56N4O10.H2O4S/c1-7-42(55)22-28-23-45(40(53)58-5,36-30(14-18-48(24-28)25-42)29-12-9-10-13-33(29)47-36)32-20-31-34(21-35(32)57-4)50(26-51)38-44(31)16-19-49-17-11-15-43(8-2,37(44)49)39(60-27(3)52)46(38,56)41(54)59-6;1-5(2,3)4/h9-13,15,20-21,26,28,37-39,47,55-56H,7-8,14,16-19,22-25H2,1-6H3;(H2,1,2,3,4)/t28-,37-,38+,39+,42-,43+,44-,45-,46-;/m0./s1. The number of piperidine rings is 1. The molecule has 1 aromatic heterocycles. The number of aliphatic hydroxyl groups is 2. The zero-order valence-electron chi connectivity index (χ0n) is 37.4. The van der Waals surface area contributed by atoms with E-state index < -0.39 is 73.9 Å². The minimum Gasteiger partial charge on any atom is -0.496 e. The molecular formula is C46H58N4O14S. The Morgan fingerprint density at radius 2 is 1.66 bits per heavy atom. The van der Waals surface area contributed by atoms with Crippen LogP contribution in [0.2, 0.25) is 0 Å². The van der Waals surface area contributed by atoms with E-state index in [-0.39, 0.29) is 12.3 Å². The molecule has 3 fully saturated rings. The van der Waals surface area contributed by atoms with Gasteiger partial charge in [-0.1, -0.05) is 44.2 Å². The van der Waals surface area contributed by atoms with E-state index in [1.54, 1.807) is 6.07 Å². The van der Waals surface area contributed by atoms with E-state index >= 15 is 4.79 Å². The van der Waals surface area contributed by atoms with Crippen molar-refractivity contribution in [3.63, 3.8) is 0 Å². The van der Waals surface area contributed by atoms with Gasteiger partial charge in [0.15, 0.2) is 6.10 Å². The van der Waals surface area contributed by atoms with Gasteiger partial charge in [0.25, 0.3) is 0 Å². The van der Waals surface area contributed by atoms with Crippen LogP contribution in [0.1, 0.15) is 75.3 Å². The molecule has 1 unspecified atom stereocenters. The third kappa shape index (κ3) is 6.90. The fourth-order valence-electron chi connectivity index (χ4n) is 13.4. The molecular weight excluding hydrogens is 865 g/mol. The SMILES string of the molecule is CC[C@]1(O)C[C@@H]2CN(CCc3c([nH]c4ccccc34)[C@@](C(=O)OC)(c3cc4c(cc3OC)N(C=O)[C@H]3[C@@](O)(C(=O)OC)[C@H](OC(C)=O)[C@]5(CC)C=CCN6CC[C@@]43[C@@H]65)C2)C1.O=S(=O)(O)O. The van der Waals surface area contributed by atoms with Crippen LogP contribution in [0.5, 0.6) is 5.75 Å². The highest BCUT2D eigenvalue weighted by atomic mass is 32.3. The Bertz CT molecular complexity index is 2560. The number of ether oxygens (including phenoxy) is 4. The van der Waals surface area contributed by atoms with Crippen LogP contribution in [0.15, 0.2) is 48.6 Å². The smallest absolute Gasteiger partial charge is 0.394 e. The second kappa shape index (κ2) is 16.5. The largest absolute Gasteiger partial charge is 0.496 e. The Balaban J connectivity index is 0.00000109. The number of hydrogen-bond donors (Lipinski definition) is 5. The number of fused-ring (bicyclic) bond motifs is 6. The van der Waals surface area contributed by atoms with Crippen LogP contribution in [0.4, 0.5) is 5.69 Å². The van der Waals surface area contributed by atoms with E-state index in [1.807, 2.05) is 50.3 Å². The lowest BCUT2D eigenvalue weighted by Crippen LogP contribution is -2.81. The summed E-state index contributed by atoms with van der Waals surface area (Å²) >= 11 is 0. The molecule has 6 heterocycles. The molecule has 10 atom stereocenters. The van der Waals surface area contributed by atoms with Crippen LogP contribution in [0.3, 0.4) is 0 Å². The number of methoxy groups -OCH3 is 3. The van der Waals surface area contributed by atoms with Gasteiger partial charge in [0.2, 0.25) is 12.0 Å². The van der Waals surface area contributed by atoms with E-state index in [1.165, 1.54) is 33.2 Å². The lowest BCUT2D eigenvalue weighted by Gasteiger charge is -2.63. The minimum absolute atomic E-state index is 0.155. The first-order valence-electron chi connectivity index (χ1n) is 22.0. The molecule has 3 aromatic rings. The Morgan fingerprint density at radius 1 is 0.954 bits per heavy atom. The van der Waals surface area contributed by atoms with E-state index in [0.29, 0.717) is 99.5 Å². The number of nitrogens with zero attached hydrogens (tertiary/aromatic N) is 3. The number of carbonyl (C=O) groups excluding carboxylic acids is 4. The number of benzene rings is 2. The van der Waals surface area contributed by atoms with Crippen molar-refractivity contribution < 1.29 is 65.9 Å². The van der Waals surface area contributed by atoms with Gasteiger partial charge in [0.05, 0.1) is 38.7 Å². The maximum atomic E-state index is 15.3. The van der Waals surface area contributed by atoms with Crippen molar-refractivity contribution in [2.45, 2.75) is 99.5 Å². The molecule has 5 N–H and O–H groups in total. The average molecular weight is 923 g/mol. The van der Waals surface area contributed by atoms with Crippen LogP contribution in [0, 0.1) is 11.3 Å². The third-order valence-corrected chi connectivity index (χ3v) is 15.5. The van der Waals surface area contributed by atoms with Crippen molar-refractivity contribution in [3.8, 4) is 5.75 Å². The number of aromatic nitrogens is 1. The predicted molar refractivity (Wildman–Crippen MR) is 235 cm³/mol. The summed E-state index contributed by atoms with van der Waals surface area (Å²) in [6.07, 6.45) is 5.83. The van der Waals surface area contributed by atoms with Gasteiger partial charge in [-0.3, -0.25) is 33.3 Å². The quantitative estimate of drug-likeness (QED) is 0.0717. The fraction of sp³-hybridized carbons (Fsp3) is 0.565. The second-order valence-electron chi connectivity index (χ2n) is 18.6. The van der Waals surface area contributed by atoms with Crippen molar-refractivity contribution in [2.75, 3.05) is 59.0 Å². The van der Waals surface area contributed by atoms with Crippen LogP contribution in [-0.2, 0) is 61.0 Å². The summed E-state index contributed by atoms with van der Waals surface area (Å²) in [6.45, 7) is 8.16. The molecule has 1 aliphatic carbocycles. The third-order valence-electron chi connectivity index (χ3n) is 15.5. The summed E-state index contributed by atoms with van der Waals surface area (Å²) in [7, 11) is -0.577. The van der Waals surface area contributed by atoms with Gasteiger partial charge in [0, 0.05) is 78.2 Å². The number of rotatable bonds is 8. The van der Waals surface area contributed by atoms with Gasteiger partial charge in [0.1, 0.15) is 11.2 Å². The highest BCUT2D eigenvalue weighted by Crippen LogP contribution is 2.68. The summed E-state index contributed by atoms with van der Waals surface area (Å²) in [4.78, 5) is 66.1. The molecule has 6 aliphatic rings. The van der Waals surface area contributed by atoms with Crippen LogP contribution < -0.4 is 9.64 Å². The van der Waals surface area contributed by atoms with Gasteiger partial charge in [-0.05, 0) is 74.2 Å². The number of esters is 3. The molecule has 0 radical (unpaired) electrons. The number of para-hydroxylation sites is 1. The minimum atomic E-state index is -4.67. The predicted octanol–water partition coefficient (Wildman–Crippen LogP) is 2.86. The first-order chi connectivity index (χ1) is 30.8. The monoisotopic (exact) mass is 922 g/mol. The summed E-state index contributed by atoms with van der Waals surface area (Å²) in [5.41, 5.74) is -3.15. The number of nitrogens with one attached hydrogen (secondary N) is 1. The molecule has 2 bridgehead atoms. The molecule has 65 heavy (non-hydrogen) atoms. The molecule has 2 saturated heterocycles. The zero-order valence-corrected chi connectivity index (χ0v) is 38.2. The summed E-state index contributed by atoms with van der Waals surface area (Å²) in [5.74, 6) is -2.06. The van der Waals surface area contributed by atoms with E-state index in [4.69, 9.17) is 36.5 Å². The average Bonchev–Trinajstić information content (AvgIpc) is 3.95. The molecule has 1 amide bonds. The lowest BCUT2D eigenvalue weighted by atomic mass is 9.47. The number of anilines is 1. The number of carbonyl (C=O) groups is 4. The van der Waals surface area contributed by atoms with E-state index in [0.717, 1.165) is 16.5 Å². The highest BCUT2D eigenvalue weighted by molar-refractivity contribution is 7.79. The number of amides is 1. The van der Waals surface area contributed by atoms with Crippen molar-refractivity contribution in [1.29, 1.82) is 0 Å². The topological polar surface area (TPSA) is 246 Å². The fourth-order valence-corrected chi connectivity index (χ4v) is 13.4. The Labute approximate surface area is 377 Å². The number of hydrogen-bond acceptors (Lipinski definition) is 14. The van der Waals surface area contributed by atoms with Crippen LogP contribution >= 0.6 is 0 Å². The second-order valence-corrected chi connectivity index (χ2v) is 19.4. The molecule has 2 aromatic carbocycles. The van der Waals surface area contributed by atoms with Gasteiger partial charge < -0.3 is 39.0 Å². The molecule has 19 heteroatoms. The highest BCUT2D eigenvalue weighted by Gasteiger charge is 2.81. The van der Waals surface area contributed by atoms with Crippen LogP contribution in [-0.4, -0.2) is 150 Å². The van der Waals surface area contributed by atoms with Crippen molar-refractivity contribution in [1.82, 2.24) is 14.8 Å². The molecule has 1 saturated carbocycles. The van der Waals surface area contributed by atoms with Crippen molar-refractivity contribution >= 4 is 51.3 Å². The maximum absolute atomic E-state index is 15.3. The number of aromatic amines is 1. The molecule has 352 valence electrons. The van der Waals surface area contributed by atoms with Gasteiger partial charge in [-0.25, -0.2) is 4.79 Å². The van der Waals surface area contributed by atoms with E-state index in [2.05, 4.69) is 20.9 Å². The van der Waals surface area contributed by atoms with Gasteiger partial charge in [-0.15, -0.1) is 0 Å². The Hall–Kier alpha value is -4.89. The first-order valence-corrected chi connectivity index (χ1v) is 23.4. The van der Waals surface area contributed by atoms with Crippen molar-refractivity contribution in [2.24, 2.45) is 11.3 Å². The summed E-state index contributed by atoms with van der Waals surface area (Å²) in [6, 6.07) is 9.97. The van der Waals surface area contributed by atoms with Gasteiger partial charge in [-0.2, -0.15) is 8.42 Å². The lowest BCUT2D eigenvalue weighted by molar-refractivity contribution is -0.228.